The summed E-state index contributed by atoms with van der Waals surface area (Å²) in [6.45, 7) is 7.30. The molecule has 1 aliphatic rings. The van der Waals surface area contributed by atoms with Crippen molar-refractivity contribution in [2.24, 2.45) is 0 Å². The van der Waals surface area contributed by atoms with E-state index in [9.17, 15) is 13.6 Å². The van der Waals surface area contributed by atoms with E-state index in [0.29, 0.717) is 13.1 Å². The predicted molar refractivity (Wildman–Crippen MR) is 58.3 cm³/mol. The van der Waals surface area contributed by atoms with E-state index in [0.717, 1.165) is 0 Å². The fourth-order valence-electron chi connectivity index (χ4n) is 1.68. The first-order valence-corrected chi connectivity index (χ1v) is 5.12. The second-order valence-corrected chi connectivity index (χ2v) is 3.81. The molecule has 0 aliphatic carbocycles. The van der Waals surface area contributed by atoms with Crippen molar-refractivity contribution >= 4 is 5.91 Å². The summed E-state index contributed by atoms with van der Waals surface area (Å²) in [4.78, 5) is 13.3. The molecule has 1 atom stereocenters. The number of carbonyl (C=O) groups is 1. The molecule has 0 spiro atoms. The van der Waals surface area contributed by atoms with E-state index in [1.165, 1.54) is 4.90 Å². The summed E-state index contributed by atoms with van der Waals surface area (Å²) >= 11 is 0. The minimum absolute atomic E-state index is 0.322. The molecule has 5 heteroatoms. The van der Waals surface area contributed by atoms with Gasteiger partial charge in [-0.1, -0.05) is 12.2 Å². The number of hydrogen-bond acceptors (Lipinski definition) is 2. The molecule has 16 heavy (non-hydrogen) atoms. The van der Waals surface area contributed by atoms with Gasteiger partial charge in [-0.3, -0.25) is 10.1 Å². The Morgan fingerprint density at radius 3 is 2.38 bits per heavy atom. The SMILES string of the molecule is C=CCN(CC=C)C(=O)C1CC(F)(F)CN1. The zero-order chi connectivity index (χ0) is 12.2. The highest BCUT2D eigenvalue weighted by Crippen LogP contribution is 2.25. The Hall–Kier alpha value is -1.23. The third-order valence-electron chi connectivity index (χ3n) is 2.42. The normalized spacial score (nSPS) is 22.8. The molecule has 90 valence electrons. The molecule has 0 aromatic heterocycles. The summed E-state index contributed by atoms with van der Waals surface area (Å²) < 4.78 is 25.8. The molecule has 0 bridgehead atoms. The topological polar surface area (TPSA) is 32.3 Å². The van der Waals surface area contributed by atoms with E-state index in [1.807, 2.05) is 0 Å². The maximum absolute atomic E-state index is 12.9. The molecule has 1 rings (SSSR count). The Balaban J connectivity index is 2.61. The van der Waals surface area contributed by atoms with E-state index >= 15 is 0 Å². The predicted octanol–water partition coefficient (Wildman–Crippen LogP) is 1.18. The smallest absolute Gasteiger partial charge is 0.262 e. The van der Waals surface area contributed by atoms with Gasteiger partial charge >= 0.3 is 0 Å². The molecule has 0 aromatic rings. The van der Waals surface area contributed by atoms with Gasteiger partial charge in [0, 0.05) is 19.5 Å². The molecule has 1 unspecified atom stereocenters. The zero-order valence-corrected chi connectivity index (χ0v) is 9.09. The van der Waals surface area contributed by atoms with Crippen LogP contribution in [-0.4, -0.2) is 42.4 Å². The Morgan fingerprint density at radius 1 is 1.44 bits per heavy atom. The van der Waals surface area contributed by atoms with Crippen LogP contribution in [0.2, 0.25) is 0 Å². The van der Waals surface area contributed by atoms with E-state index in [-0.39, 0.29) is 5.91 Å². The minimum atomic E-state index is -2.78. The molecule has 1 saturated heterocycles. The van der Waals surface area contributed by atoms with Crippen molar-refractivity contribution in [3.8, 4) is 0 Å². The molecule has 1 N–H and O–H groups in total. The van der Waals surface area contributed by atoms with E-state index < -0.39 is 24.9 Å². The van der Waals surface area contributed by atoms with Gasteiger partial charge < -0.3 is 4.90 Å². The monoisotopic (exact) mass is 230 g/mol. The van der Waals surface area contributed by atoms with Crippen LogP contribution in [0.25, 0.3) is 0 Å². The first kappa shape index (κ1) is 12.8. The molecular weight excluding hydrogens is 214 g/mol. The van der Waals surface area contributed by atoms with Crippen molar-refractivity contribution < 1.29 is 13.6 Å². The standard InChI is InChI=1S/C11H16F2N2O/c1-3-5-15(6-4-2)10(16)9-7-11(12,13)8-14-9/h3-4,9,14H,1-2,5-8H2. The van der Waals surface area contributed by atoms with Crippen LogP contribution in [0.3, 0.4) is 0 Å². The largest absolute Gasteiger partial charge is 0.334 e. The van der Waals surface area contributed by atoms with Crippen LogP contribution in [0.5, 0.6) is 0 Å². The maximum Gasteiger partial charge on any atom is 0.262 e. The summed E-state index contributed by atoms with van der Waals surface area (Å²) in [5.74, 6) is -3.11. The van der Waals surface area contributed by atoms with Gasteiger partial charge in [-0.2, -0.15) is 0 Å². The highest BCUT2D eigenvalue weighted by atomic mass is 19.3. The lowest BCUT2D eigenvalue weighted by atomic mass is 10.1. The summed E-state index contributed by atoms with van der Waals surface area (Å²) in [6.07, 6.45) is 2.69. The summed E-state index contributed by atoms with van der Waals surface area (Å²) in [6, 6.07) is -0.796. The average molecular weight is 230 g/mol. The molecule has 0 saturated carbocycles. The second-order valence-electron chi connectivity index (χ2n) is 3.81. The van der Waals surface area contributed by atoms with Crippen molar-refractivity contribution in [2.45, 2.75) is 18.4 Å². The number of alkyl halides is 2. The highest BCUT2D eigenvalue weighted by molar-refractivity contribution is 5.82. The number of carbonyl (C=O) groups excluding carboxylic acids is 1. The van der Waals surface area contributed by atoms with Crippen molar-refractivity contribution in [3.63, 3.8) is 0 Å². The van der Waals surface area contributed by atoms with Crippen LogP contribution in [-0.2, 0) is 4.79 Å². The second kappa shape index (κ2) is 5.21. The molecule has 1 amide bonds. The van der Waals surface area contributed by atoms with Gasteiger partial charge in [0.1, 0.15) is 0 Å². The summed E-state index contributed by atoms with van der Waals surface area (Å²) in [5.41, 5.74) is 0. The molecule has 0 aromatic carbocycles. The molecule has 1 heterocycles. The number of amides is 1. The van der Waals surface area contributed by atoms with Gasteiger partial charge in [0.25, 0.3) is 5.92 Å². The number of nitrogens with zero attached hydrogens (tertiary/aromatic N) is 1. The van der Waals surface area contributed by atoms with Gasteiger partial charge in [0.05, 0.1) is 12.6 Å². The van der Waals surface area contributed by atoms with E-state index in [2.05, 4.69) is 18.5 Å². The lowest BCUT2D eigenvalue weighted by Gasteiger charge is -2.22. The lowest BCUT2D eigenvalue weighted by molar-refractivity contribution is -0.132. The van der Waals surface area contributed by atoms with Crippen molar-refractivity contribution in [2.75, 3.05) is 19.6 Å². The Bertz CT molecular complexity index is 282. The Kier molecular flexibility index (Phi) is 4.18. The third kappa shape index (κ3) is 3.13. The van der Waals surface area contributed by atoms with Crippen LogP contribution in [0.15, 0.2) is 25.3 Å². The number of hydrogen-bond donors (Lipinski definition) is 1. The maximum atomic E-state index is 12.9. The van der Waals surface area contributed by atoms with E-state index in [1.54, 1.807) is 12.2 Å². The van der Waals surface area contributed by atoms with Crippen LogP contribution < -0.4 is 5.32 Å². The quantitative estimate of drug-likeness (QED) is 0.719. The lowest BCUT2D eigenvalue weighted by Crippen LogP contribution is -2.43. The van der Waals surface area contributed by atoms with Gasteiger partial charge in [-0.25, -0.2) is 8.78 Å². The minimum Gasteiger partial charge on any atom is -0.334 e. The van der Waals surface area contributed by atoms with Gasteiger partial charge in [-0.05, 0) is 0 Å². The van der Waals surface area contributed by atoms with Crippen LogP contribution in [0, 0.1) is 0 Å². The Labute approximate surface area is 93.8 Å². The van der Waals surface area contributed by atoms with Gasteiger partial charge in [0.2, 0.25) is 5.91 Å². The van der Waals surface area contributed by atoms with Crippen LogP contribution in [0.4, 0.5) is 8.78 Å². The molecule has 3 nitrogen and oxygen atoms in total. The van der Waals surface area contributed by atoms with Gasteiger partial charge in [-0.15, -0.1) is 13.2 Å². The highest BCUT2D eigenvalue weighted by Gasteiger charge is 2.43. The first-order valence-electron chi connectivity index (χ1n) is 5.12. The Morgan fingerprint density at radius 2 is 2.00 bits per heavy atom. The van der Waals surface area contributed by atoms with E-state index in [4.69, 9.17) is 0 Å². The summed E-state index contributed by atoms with van der Waals surface area (Å²) in [5, 5.41) is 2.53. The van der Waals surface area contributed by atoms with Crippen LogP contribution >= 0.6 is 0 Å². The first-order chi connectivity index (χ1) is 7.50. The number of rotatable bonds is 5. The summed E-state index contributed by atoms with van der Waals surface area (Å²) in [7, 11) is 0. The van der Waals surface area contributed by atoms with Gasteiger partial charge in [0.15, 0.2) is 0 Å². The fraction of sp³-hybridized carbons (Fsp3) is 0.545. The molecule has 0 radical (unpaired) electrons. The molecular formula is C11H16F2N2O. The molecule has 1 aliphatic heterocycles. The number of nitrogens with one attached hydrogen (secondary N) is 1. The number of halogens is 2. The zero-order valence-electron chi connectivity index (χ0n) is 9.09. The van der Waals surface area contributed by atoms with Crippen molar-refractivity contribution in [1.82, 2.24) is 10.2 Å². The fourth-order valence-corrected chi connectivity index (χ4v) is 1.68. The van der Waals surface area contributed by atoms with Crippen molar-refractivity contribution in [3.05, 3.63) is 25.3 Å². The third-order valence-corrected chi connectivity index (χ3v) is 2.42. The molecule has 1 fully saturated rings. The van der Waals surface area contributed by atoms with Crippen molar-refractivity contribution in [1.29, 1.82) is 0 Å². The average Bonchev–Trinajstić information content (AvgIpc) is 2.57. The van der Waals surface area contributed by atoms with Crippen LogP contribution in [0.1, 0.15) is 6.42 Å².